The summed E-state index contributed by atoms with van der Waals surface area (Å²) >= 11 is 0. The molecule has 22 heavy (non-hydrogen) atoms. The van der Waals surface area contributed by atoms with Gasteiger partial charge in [-0.25, -0.2) is 23.2 Å². The number of ether oxygens (including phenoxy) is 1. The number of hydrogen-bond donors (Lipinski definition) is 0. The van der Waals surface area contributed by atoms with Gasteiger partial charge in [-0.15, -0.1) is 0 Å². The molecule has 1 amide bonds. The lowest BCUT2D eigenvalue weighted by Crippen LogP contribution is -2.40. The van der Waals surface area contributed by atoms with E-state index in [0.717, 1.165) is 5.56 Å². The number of carbonyl (C=O) groups excluding carboxylic acids is 1. The number of aromatic nitrogens is 2. The Bertz CT molecular complexity index is 680. The normalized spacial score (nSPS) is 15.4. The Morgan fingerprint density at radius 2 is 2.09 bits per heavy atom. The van der Waals surface area contributed by atoms with Crippen molar-refractivity contribution in [2.45, 2.75) is 51.4 Å². The first kappa shape index (κ1) is 16.7. The Morgan fingerprint density at radius 1 is 1.41 bits per heavy atom. The van der Waals surface area contributed by atoms with Crippen LogP contribution in [0.4, 0.5) is 4.79 Å². The van der Waals surface area contributed by atoms with Gasteiger partial charge in [-0.1, -0.05) is 6.92 Å². The zero-order chi connectivity index (χ0) is 16.5. The predicted molar refractivity (Wildman–Crippen MR) is 80.1 cm³/mol. The zero-order valence-corrected chi connectivity index (χ0v) is 14.1. The zero-order valence-electron chi connectivity index (χ0n) is 13.3. The van der Waals surface area contributed by atoms with Crippen molar-refractivity contribution in [1.29, 1.82) is 0 Å². The summed E-state index contributed by atoms with van der Waals surface area (Å²) in [7, 11) is -3.46. The van der Waals surface area contributed by atoms with Crippen LogP contribution in [0.3, 0.4) is 0 Å². The third-order valence-corrected chi connectivity index (χ3v) is 4.75. The van der Waals surface area contributed by atoms with Gasteiger partial charge in [0.05, 0.1) is 18.0 Å². The second kappa shape index (κ2) is 5.83. The van der Waals surface area contributed by atoms with Gasteiger partial charge in [0.2, 0.25) is 15.0 Å². The van der Waals surface area contributed by atoms with Gasteiger partial charge in [0.15, 0.2) is 0 Å². The molecule has 2 heterocycles. The maximum atomic E-state index is 12.1. The summed E-state index contributed by atoms with van der Waals surface area (Å²) in [4.78, 5) is 21.7. The summed E-state index contributed by atoms with van der Waals surface area (Å²) < 4.78 is 29.1. The molecule has 0 bridgehead atoms. The van der Waals surface area contributed by atoms with Gasteiger partial charge in [-0.05, 0) is 32.8 Å². The van der Waals surface area contributed by atoms with E-state index in [-0.39, 0.29) is 17.5 Å². The number of nitrogens with zero attached hydrogens (tertiary/aromatic N) is 3. The van der Waals surface area contributed by atoms with Crippen LogP contribution >= 0.6 is 0 Å². The molecule has 0 aromatic carbocycles. The molecular weight excluding hydrogens is 306 g/mol. The standard InChI is InChI=1S/C14H21N3O4S/c1-5-22(19,20)12-15-8-10-6-7-17(9-11(10)16-12)13(18)21-14(2,3)4/h8H,5-7,9H2,1-4H3. The fraction of sp³-hybridized carbons (Fsp3) is 0.643. The second-order valence-electron chi connectivity index (χ2n) is 6.18. The highest BCUT2D eigenvalue weighted by molar-refractivity contribution is 7.91. The van der Waals surface area contributed by atoms with Crippen LogP contribution in [0.5, 0.6) is 0 Å². The minimum Gasteiger partial charge on any atom is -0.444 e. The van der Waals surface area contributed by atoms with Crippen LogP contribution in [0.15, 0.2) is 11.4 Å². The predicted octanol–water partition coefficient (Wildman–Crippen LogP) is 1.56. The number of fused-ring (bicyclic) bond motifs is 1. The Kier molecular flexibility index (Phi) is 4.42. The molecule has 0 unspecified atom stereocenters. The number of amides is 1. The van der Waals surface area contributed by atoms with Gasteiger partial charge in [-0.3, -0.25) is 0 Å². The fourth-order valence-corrected chi connectivity index (χ4v) is 2.77. The van der Waals surface area contributed by atoms with Gasteiger partial charge in [0.1, 0.15) is 5.60 Å². The van der Waals surface area contributed by atoms with E-state index in [1.807, 2.05) is 0 Å². The van der Waals surface area contributed by atoms with Crippen molar-refractivity contribution in [1.82, 2.24) is 14.9 Å². The first-order valence-corrected chi connectivity index (χ1v) is 8.83. The van der Waals surface area contributed by atoms with Crippen molar-refractivity contribution in [3.63, 3.8) is 0 Å². The summed E-state index contributed by atoms with van der Waals surface area (Å²) in [6.45, 7) is 7.69. The summed E-state index contributed by atoms with van der Waals surface area (Å²) in [5.41, 5.74) is 0.869. The molecule has 1 aliphatic heterocycles. The molecular formula is C14H21N3O4S. The molecule has 2 rings (SSSR count). The summed E-state index contributed by atoms with van der Waals surface area (Å²) in [6, 6.07) is 0. The van der Waals surface area contributed by atoms with Crippen molar-refractivity contribution in [2.75, 3.05) is 12.3 Å². The maximum Gasteiger partial charge on any atom is 0.410 e. The van der Waals surface area contributed by atoms with Gasteiger partial charge >= 0.3 is 6.09 Å². The van der Waals surface area contributed by atoms with E-state index in [0.29, 0.717) is 18.7 Å². The van der Waals surface area contributed by atoms with E-state index in [2.05, 4.69) is 9.97 Å². The molecule has 7 nitrogen and oxygen atoms in total. The fourth-order valence-electron chi connectivity index (χ4n) is 2.05. The lowest BCUT2D eigenvalue weighted by molar-refractivity contribution is 0.0220. The summed E-state index contributed by atoms with van der Waals surface area (Å²) in [6.07, 6.45) is 1.70. The molecule has 8 heteroatoms. The lowest BCUT2D eigenvalue weighted by atomic mass is 10.1. The van der Waals surface area contributed by atoms with Crippen LogP contribution in [0, 0.1) is 0 Å². The average Bonchev–Trinajstić information content (AvgIpc) is 2.44. The Hall–Kier alpha value is -1.70. The van der Waals surface area contributed by atoms with Crippen molar-refractivity contribution in [2.24, 2.45) is 0 Å². The number of carbonyl (C=O) groups is 1. The Labute approximate surface area is 130 Å². The molecule has 0 fully saturated rings. The van der Waals surface area contributed by atoms with E-state index in [1.54, 1.807) is 27.7 Å². The number of hydrogen-bond acceptors (Lipinski definition) is 6. The Morgan fingerprint density at radius 3 is 2.68 bits per heavy atom. The van der Waals surface area contributed by atoms with Gasteiger partial charge in [0, 0.05) is 12.7 Å². The first-order valence-electron chi connectivity index (χ1n) is 7.18. The van der Waals surface area contributed by atoms with Crippen LogP contribution in [0.25, 0.3) is 0 Å². The molecule has 0 spiro atoms. The highest BCUT2D eigenvalue weighted by Crippen LogP contribution is 2.20. The van der Waals surface area contributed by atoms with Crippen LogP contribution in [0.2, 0.25) is 0 Å². The molecule has 0 saturated heterocycles. The van der Waals surface area contributed by atoms with Crippen LogP contribution < -0.4 is 0 Å². The largest absolute Gasteiger partial charge is 0.444 e. The minimum absolute atomic E-state index is 0.0540. The monoisotopic (exact) mass is 327 g/mol. The Balaban J connectivity index is 2.22. The van der Waals surface area contributed by atoms with Gasteiger partial charge in [0.25, 0.3) is 0 Å². The maximum absolute atomic E-state index is 12.1. The van der Waals surface area contributed by atoms with E-state index in [9.17, 15) is 13.2 Å². The summed E-state index contributed by atoms with van der Waals surface area (Å²) in [5.74, 6) is -0.0540. The average molecular weight is 327 g/mol. The van der Waals surface area contributed by atoms with Gasteiger partial charge < -0.3 is 9.64 Å². The van der Waals surface area contributed by atoms with Crippen LogP contribution in [-0.4, -0.2) is 47.3 Å². The smallest absolute Gasteiger partial charge is 0.410 e. The number of sulfone groups is 1. The summed E-state index contributed by atoms with van der Waals surface area (Å²) in [5, 5.41) is -0.181. The van der Waals surface area contributed by atoms with Crippen molar-refractivity contribution in [3.05, 3.63) is 17.5 Å². The molecule has 1 aromatic rings. The molecule has 1 aromatic heterocycles. The molecule has 0 atom stereocenters. The third kappa shape index (κ3) is 3.73. The first-order chi connectivity index (χ1) is 10.1. The molecule has 0 saturated carbocycles. The molecule has 0 radical (unpaired) electrons. The van der Waals surface area contributed by atoms with Crippen molar-refractivity contribution >= 4 is 15.9 Å². The second-order valence-corrected chi connectivity index (χ2v) is 8.35. The molecule has 1 aliphatic rings. The van der Waals surface area contributed by atoms with E-state index < -0.39 is 21.5 Å². The SMILES string of the molecule is CCS(=O)(=O)c1ncc2c(n1)CN(C(=O)OC(C)(C)C)CC2. The third-order valence-electron chi connectivity index (χ3n) is 3.23. The van der Waals surface area contributed by atoms with Crippen molar-refractivity contribution in [3.8, 4) is 0 Å². The molecule has 122 valence electrons. The highest BCUT2D eigenvalue weighted by atomic mass is 32.2. The molecule has 0 N–H and O–H groups in total. The van der Waals surface area contributed by atoms with Gasteiger partial charge in [-0.2, -0.15) is 0 Å². The van der Waals surface area contributed by atoms with E-state index in [4.69, 9.17) is 4.74 Å². The van der Waals surface area contributed by atoms with Crippen LogP contribution in [-0.2, 0) is 27.5 Å². The lowest BCUT2D eigenvalue weighted by Gasteiger charge is -2.30. The minimum atomic E-state index is -3.46. The molecule has 0 aliphatic carbocycles. The quantitative estimate of drug-likeness (QED) is 0.766. The van der Waals surface area contributed by atoms with Crippen LogP contribution in [0.1, 0.15) is 39.0 Å². The topological polar surface area (TPSA) is 89.5 Å². The number of rotatable bonds is 2. The van der Waals surface area contributed by atoms with E-state index >= 15 is 0 Å². The van der Waals surface area contributed by atoms with E-state index in [1.165, 1.54) is 11.1 Å². The van der Waals surface area contributed by atoms with Crippen molar-refractivity contribution < 1.29 is 17.9 Å². The highest BCUT2D eigenvalue weighted by Gasteiger charge is 2.28.